The van der Waals surface area contributed by atoms with Crippen LogP contribution in [0.15, 0.2) is 47.1 Å². The van der Waals surface area contributed by atoms with Gasteiger partial charge >= 0.3 is 0 Å². The molecule has 0 saturated heterocycles. The Bertz CT molecular complexity index is 883. The van der Waals surface area contributed by atoms with Crippen molar-refractivity contribution in [2.75, 3.05) is 6.61 Å². The molecule has 0 spiro atoms. The third kappa shape index (κ3) is 4.32. The Balaban J connectivity index is 1.54. The molecule has 1 fully saturated rings. The molecule has 4 unspecified atom stereocenters. The number of hydrogen-bond acceptors (Lipinski definition) is 5. The van der Waals surface area contributed by atoms with Gasteiger partial charge in [0.15, 0.2) is 5.78 Å². The molecular weight excluding hydrogens is 420 g/mol. The number of benzene rings is 1. The molecule has 30 heavy (non-hydrogen) atoms. The highest BCUT2D eigenvalue weighted by Crippen LogP contribution is 2.47. The van der Waals surface area contributed by atoms with E-state index in [1.807, 2.05) is 30.8 Å². The van der Waals surface area contributed by atoms with Crippen molar-refractivity contribution in [2.24, 2.45) is 11.8 Å². The van der Waals surface area contributed by atoms with Crippen molar-refractivity contribution in [3.8, 4) is 0 Å². The van der Waals surface area contributed by atoms with Crippen molar-refractivity contribution in [3.63, 3.8) is 0 Å². The van der Waals surface area contributed by atoms with E-state index in [9.17, 15) is 14.7 Å². The first-order valence-corrected chi connectivity index (χ1v) is 11.8. The van der Waals surface area contributed by atoms with Crippen LogP contribution < -0.4 is 5.32 Å². The molecule has 3 aliphatic rings. The maximum absolute atomic E-state index is 13.4. The summed E-state index contributed by atoms with van der Waals surface area (Å²) in [5.41, 5.74) is 2.25. The first-order valence-electron chi connectivity index (χ1n) is 10.5. The first kappa shape index (κ1) is 21.5. The molecule has 0 bridgehead atoms. The van der Waals surface area contributed by atoms with Crippen LogP contribution in [0.25, 0.3) is 0 Å². The molecule has 2 aliphatic heterocycles. The normalized spacial score (nSPS) is 27.8. The first-order chi connectivity index (χ1) is 14.5. The van der Waals surface area contributed by atoms with Gasteiger partial charge in [0, 0.05) is 41.2 Å². The van der Waals surface area contributed by atoms with Crippen molar-refractivity contribution in [2.45, 2.75) is 50.4 Å². The van der Waals surface area contributed by atoms with Gasteiger partial charge in [0.2, 0.25) is 0 Å². The van der Waals surface area contributed by atoms with E-state index in [1.54, 1.807) is 18.3 Å². The number of aliphatic hydroxyl groups is 1. The fraction of sp³-hybridized carbons (Fsp3) is 0.478. The second kappa shape index (κ2) is 9.16. The predicted molar refractivity (Wildman–Crippen MR) is 120 cm³/mol. The van der Waals surface area contributed by atoms with Gasteiger partial charge in [-0.2, -0.15) is 0 Å². The van der Waals surface area contributed by atoms with Gasteiger partial charge in [-0.3, -0.25) is 9.59 Å². The highest BCUT2D eigenvalue weighted by Gasteiger charge is 2.49. The second-order valence-electron chi connectivity index (χ2n) is 8.36. The number of halogens is 1. The third-order valence-electron chi connectivity index (χ3n) is 6.34. The molecule has 1 aromatic carbocycles. The number of hydrogen-bond donors (Lipinski definition) is 2. The van der Waals surface area contributed by atoms with Gasteiger partial charge in [0.25, 0.3) is 5.91 Å². The summed E-state index contributed by atoms with van der Waals surface area (Å²) in [6.07, 6.45) is 5.27. The van der Waals surface area contributed by atoms with E-state index in [2.05, 4.69) is 15.6 Å². The molecule has 0 radical (unpaired) electrons. The summed E-state index contributed by atoms with van der Waals surface area (Å²) in [5, 5.41) is 15.2. The number of carbonyl (C=O) groups is 2. The average Bonchev–Trinajstić information content (AvgIpc) is 2.75. The summed E-state index contributed by atoms with van der Waals surface area (Å²) < 4.78 is 0. The van der Waals surface area contributed by atoms with Crippen LogP contribution >= 0.6 is 23.4 Å². The summed E-state index contributed by atoms with van der Waals surface area (Å²) in [7, 11) is 0. The zero-order valence-corrected chi connectivity index (χ0v) is 18.6. The maximum Gasteiger partial charge on any atom is 0.256 e. The number of nitrogens with one attached hydrogen (secondary N) is 1. The third-order valence-corrected chi connectivity index (χ3v) is 7.89. The summed E-state index contributed by atoms with van der Waals surface area (Å²) in [5.74, 6) is -0.137. The highest BCUT2D eigenvalue weighted by molar-refractivity contribution is 8.02. The van der Waals surface area contributed by atoms with Gasteiger partial charge in [-0.05, 0) is 61.6 Å². The summed E-state index contributed by atoms with van der Waals surface area (Å²) >= 11 is 7.73. The lowest BCUT2D eigenvalue weighted by molar-refractivity contribution is -0.128. The lowest BCUT2D eigenvalue weighted by Gasteiger charge is -2.50. The van der Waals surface area contributed by atoms with Crippen LogP contribution in [0.2, 0.25) is 5.02 Å². The number of allylic oxidation sites excluding steroid dienone is 1. The summed E-state index contributed by atoms with van der Waals surface area (Å²) in [4.78, 5) is 28.4. The van der Waals surface area contributed by atoms with Crippen LogP contribution in [0.5, 0.6) is 0 Å². The van der Waals surface area contributed by atoms with Gasteiger partial charge < -0.3 is 15.3 Å². The van der Waals surface area contributed by atoms with E-state index in [1.165, 1.54) is 0 Å². The van der Waals surface area contributed by atoms with Crippen molar-refractivity contribution in [1.82, 2.24) is 10.2 Å². The van der Waals surface area contributed by atoms with E-state index in [0.29, 0.717) is 22.7 Å². The SMILES string of the molecule is CC1=CSC2CC(CCCO)CC3C(=O)C(C(=O)NCc4ccc(Cl)cc4)=CN1C23. The lowest BCUT2D eigenvalue weighted by Crippen LogP contribution is -2.56. The minimum Gasteiger partial charge on any atom is -0.396 e. The van der Waals surface area contributed by atoms with E-state index in [0.717, 1.165) is 36.9 Å². The van der Waals surface area contributed by atoms with Gasteiger partial charge in [-0.25, -0.2) is 0 Å². The number of aliphatic hydroxyl groups excluding tert-OH is 1. The van der Waals surface area contributed by atoms with E-state index in [-0.39, 0.29) is 35.8 Å². The fourth-order valence-corrected chi connectivity index (χ4v) is 6.32. The standard InChI is InChI=1S/C23H27ClN2O3S/c1-14-13-30-20-10-16(3-2-8-27)9-18-21(20)26(14)12-19(22(18)28)23(29)25-11-15-4-6-17(24)7-5-15/h4-7,12-13,16,18,20-21,27H,2-3,8-11H2,1H3,(H,25,29). The fourth-order valence-electron chi connectivity index (χ4n) is 4.83. The molecule has 2 heterocycles. The molecule has 1 amide bonds. The molecule has 1 aliphatic carbocycles. The molecular formula is C23H27ClN2O3S. The Hall–Kier alpha value is -1.76. The molecule has 1 aromatic rings. The molecule has 7 heteroatoms. The number of thioether (sulfide) groups is 1. The van der Waals surface area contributed by atoms with E-state index in [4.69, 9.17) is 11.6 Å². The quantitative estimate of drug-likeness (QED) is 0.649. The van der Waals surface area contributed by atoms with Crippen LogP contribution in [0.1, 0.15) is 38.2 Å². The van der Waals surface area contributed by atoms with Gasteiger partial charge in [0.05, 0.1) is 11.6 Å². The minimum atomic E-state index is -0.326. The van der Waals surface area contributed by atoms with Gasteiger partial charge in [-0.1, -0.05) is 23.7 Å². The van der Waals surface area contributed by atoms with Crippen LogP contribution in [-0.4, -0.2) is 39.6 Å². The molecule has 5 nitrogen and oxygen atoms in total. The summed E-state index contributed by atoms with van der Waals surface area (Å²) in [6.45, 7) is 2.56. The number of Topliss-reactive ketones (excluding diaryl/α,β-unsaturated/α-hetero) is 1. The summed E-state index contributed by atoms with van der Waals surface area (Å²) in [6, 6.07) is 7.41. The largest absolute Gasteiger partial charge is 0.396 e. The average molecular weight is 447 g/mol. The van der Waals surface area contributed by atoms with Crippen LogP contribution in [0, 0.1) is 11.8 Å². The Kier molecular flexibility index (Phi) is 6.56. The Morgan fingerprint density at radius 2 is 2.07 bits per heavy atom. The molecule has 4 atom stereocenters. The monoisotopic (exact) mass is 446 g/mol. The molecule has 160 valence electrons. The van der Waals surface area contributed by atoms with Crippen molar-refractivity contribution in [1.29, 1.82) is 0 Å². The highest BCUT2D eigenvalue weighted by atomic mass is 35.5. The minimum absolute atomic E-state index is 0.0427. The van der Waals surface area contributed by atoms with Crippen molar-refractivity contribution >= 4 is 35.1 Å². The molecule has 2 N–H and O–H groups in total. The van der Waals surface area contributed by atoms with Crippen LogP contribution in [0.3, 0.4) is 0 Å². The number of nitrogens with zero attached hydrogens (tertiary/aromatic N) is 1. The van der Waals surface area contributed by atoms with Gasteiger partial charge in [0.1, 0.15) is 0 Å². The van der Waals surface area contributed by atoms with Gasteiger partial charge in [-0.15, -0.1) is 11.8 Å². The van der Waals surface area contributed by atoms with Crippen molar-refractivity contribution < 1.29 is 14.7 Å². The van der Waals surface area contributed by atoms with E-state index < -0.39 is 0 Å². The topological polar surface area (TPSA) is 69.6 Å². The Labute approximate surface area is 186 Å². The molecule has 4 rings (SSSR count). The molecule has 0 aromatic heterocycles. The number of ketones is 1. The van der Waals surface area contributed by atoms with Crippen molar-refractivity contribution in [3.05, 3.63) is 57.7 Å². The Morgan fingerprint density at radius 1 is 1.30 bits per heavy atom. The maximum atomic E-state index is 13.4. The molecule has 1 saturated carbocycles. The zero-order valence-electron chi connectivity index (χ0n) is 17.0. The smallest absolute Gasteiger partial charge is 0.256 e. The van der Waals surface area contributed by atoms with Crippen LogP contribution in [0.4, 0.5) is 0 Å². The van der Waals surface area contributed by atoms with E-state index >= 15 is 0 Å². The second-order valence-corrected chi connectivity index (χ2v) is 9.91. The number of carbonyl (C=O) groups excluding carboxylic acids is 2. The lowest BCUT2D eigenvalue weighted by atomic mass is 9.70. The number of amides is 1. The zero-order chi connectivity index (χ0) is 21.3. The number of rotatable bonds is 6. The predicted octanol–water partition coefficient (Wildman–Crippen LogP) is 3.87. The Morgan fingerprint density at radius 3 is 2.80 bits per heavy atom. The van der Waals surface area contributed by atoms with Crippen LogP contribution in [-0.2, 0) is 16.1 Å².